The Balaban J connectivity index is 2.40. The lowest BCUT2D eigenvalue weighted by atomic mass is 9.81. The van der Waals surface area contributed by atoms with Gasteiger partial charge in [-0.15, -0.1) is 0 Å². The highest BCUT2D eigenvalue weighted by Gasteiger charge is 2.32. The van der Waals surface area contributed by atoms with Gasteiger partial charge in [-0.05, 0) is 44.9 Å². The van der Waals surface area contributed by atoms with E-state index < -0.39 is 5.97 Å². The molecule has 0 amide bonds. The molecule has 3 unspecified atom stereocenters. The van der Waals surface area contributed by atoms with Crippen LogP contribution >= 0.6 is 0 Å². The average molecular weight is 411 g/mol. The van der Waals surface area contributed by atoms with Crippen LogP contribution < -0.4 is 0 Å². The zero-order valence-corrected chi connectivity index (χ0v) is 19.1. The highest BCUT2D eigenvalue weighted by Crippen LogP contribution is 2.31. The van der Waals surface area contributed by atoms with Crippen molar-refractivity contribution < 1.29 is 19.4 Å². The third-order valence-corrected chi connectivity index (χ3v) is 6.40. The third-order valence-electron chi connectivity index (χ3n) is 6.40. The van der Waals surface area contributed by atoms with E-state index in [1.54, 1.807) is 0 Å². The van der Waals surface area contributed by atoms with E-state index in [-0.39, 0.29) is 23.9 Å². The summed E-state index contributed by atoms with van der Waals surface area (Å²) in [5.41, 5.74) is 0. The summed E-state index contributed by atoms with van der Waals surface area (Å²) in [7, 11) is 0. The first-order valence-corrected chi connectivity index (χ1v) is 12.5. The largest absolute Gasteiger partial charge is 0.481 e. The van der Waals surface area contributed by atoms with Crippen molar-refractivity contribution in [2.75, 3.05) is 0 Å². The molecule has 1 rings (SSSR count). The predicted octanol–water partition coefficient (Wildman–Crippen LogP) is 7.29. The maximum Gasteiger partial charge on any atom is 0.309 e. The van der Waals surface area contributed by atoms with Crippen LogP contribution in [-0.2, 0) is 14.3 Å². The summed E-state index contributed by atoms with van der Waals surface area (Å²) in [5, 5.41) is 9.28. The number of hydrogen-bond donors (Lipinski definition) is 1. The van der Waals surface area contributed by atoms with Gasteiger partial charge in [0.1, 0.15) is 6.10 Å². The van der Waals surface area contributed by atoms with Gasteiger partial charge in [-0.2, -0.15) is 0 Å². The number of carboxylic acids is 1. The van der Waals surface area contributed by atoms with Crippen LogP contribution in [0.1, 0.15) is 129 Å². The lowest BCUT2D eigenvalue weighted by molar-refractivity contribution is -0.158. The standard InChI is InChI=1S/C25H46O4/c1-3-5-7-9-10-12-14-19-23(18-13-11-8-6-4-2)29-25(28)22-17-15-16-21(20-22)24(26)27/h21-23H,3-20H2,1-2H3,(H,26,27). The quantitative estimate of drug-likeness (QED) is 0.202. The van der Waals surface area contributed by atoms with Crippen LogP contribution in [0, 0.1) is 11.8 Å². The molecule has 0 aromatic carbocycles. The monoisotopic (exact) mass is 410 g/mol. The first-order chi connectivity index (χ1) is 14.1. The smallest absolute Gasteiger partial charge is 0.309 e. The second-order valence-corrected chi connectivity index (χ2v) is 9.07. The van der Waals surface area contributed by atoms with Gasteiger partial charge >= 0.3 is 11.9 Å². The van der Waals surface area contributed by atoms with Crippen molar-refractivity contribution in [3.05, 3.63) is 0 Å². The van der Waals surface area contributed by atoms with Crippen LogP contribution in [-0.4, -0.2) is 23.1 Å². The van der Waals surface area contributed by atoms with Crippen molar-refractivity contribution in [3.63, 3.8) is 0 Å². The number of rotatable bonds is 17. The van der Waals surface area contributed by atoms with Crippen LogP contribution in [0.4, 0.5) is 0 Å². The number of carbonyl (C=O) groups is 2. The fourth-order valence-electron chi connectivity index (χ4n) is 4.46. The molecule has 1 N–H and O–H groups in total. The Morgan fingerprint density at radius 3 is 1.79 bits per heavy atom. The minimum absolute atomic E-state index is 0.0185. The maximum absolute atomic E-state index is 12.7. The van der Waals surface area contributed by atoms with E-state index in [1.807, 2.05) is 0 Å². The van der Waals surface area contributed by atoms with Crippen LogP contribution in [0.3, 0.4) is 0 Å². The summed E-state index contributed by atoms with van der Waals surface area (Å²) < 4.78 is 5.94. The van der Waals surface area contributed by atoms with Gasteiger partial charge in [-0.3, -0.25) is 9.59 Å². The fraction of sp³-hybridized carbons (Fsp3) is 0.920. The molecule has 0 aromatic rings. The Kier molecular flexibility index (Phi) is 15.0. The molecule has 1 aliphatic rings. The summed E-state index contributed by atoms with van der Waals surface area (Å²) in [4.78, 5) is 24.0. The Bertz CT molecular complexity index is 435. The molecule has 4 nitrogen and oxygen atoms in total. The van der Waals surface area contributed by atoms with E-state index in [4.69, 9.17) is 4.74 Å². The Morgan fingerprint density at radius 1 is 0.793 bits per heavy atom. The average Bonchev–Trinajstić information content (AvgIpc) is 2.72. The van der Waals surface area contributed by atoms with Gasteiger partial charge in [-0.1, -0.05) is 84.5 Å². The second-order valence-electron chi connectivity index (χ2n) is 9.07. The number of aliphatic carboxylic acids is 1. The van der Waals surface area contributed by atoms with Gasteiger partial charge < -0.3 is 9.84 Å². The molecule has 0 heterocycles. The molecule has 4 heteroatoms. The lowest BCUT2D eigenvalue weighted by Crippen LogP contribution is -2.31. The van der Waals surface area contributed by atoms with Gasteiger partial charge in [0.15, 0.2) is 0 Å². The van der Waals surface area contributed by atoms with E-state index in [0.29, 0.717) is 12.8 Å². The van der Waals surface area contributed by atoms with Crippen LogP contribution in [0.25, 0.3) is 0 Å². The molecule has 1 fully saturated rings. The molecule has 0 spiro atoms. The molecule has 0 bridgehead atoms. The highest BCUT2D eigenvalue weighted by molar-refractivity contribution is 5.75. The van der Waals surface area contributed by atoms with Crippen molar-refractivity contribution in [3.8, 4) is 0 Å². The molecule has 1 saturated carbocycles. The zero-order valence-electron chi connectivity index (χ0n) is 19.1. The van der Waals surface area contributed by atoms with Crippen molar-refractivity contribution in [1.82, 2.24) is 0 Å². The van der Waals surface area contributed by atoms with Crippen LogP contribution in [0.15, 0.2) is 0 Å². The number of hydrogen-bond acceptors (Lipinski definition) is 3. The molecular weight excluding hydrogens is 364 g/mol. The normalized spacial score (nSPS) is 20.3. The molecule has 0 radical (unpaired) electrons. The number of carbonyl (C=O) groups excluding carboxylic acids is 1. The molecule has 0 aliphatic heterocycles. The first-order valence-electron chi connectivity index (χ1n) is 12.5. The maximum atomic E-state index is 12.7. The van der Waals surface area contributed by atoms with Crippen molar-refractivity contribution in [2.24, 2.45) is 11.8 Å². The zero-order chi connectivity index (χ0) is 21.3. The molecular formula is C25H46O4. The lowest BCUT2D eigenvalue weighted by Gasteiger charge is -2.27. The minimum Gasteiger partial charge on any atom is -0.481 e. The van der Waals surface area contributed by atoms with Gasteiger partial charge in [0.2, 0.25) is 0 Å². The summed E-state index contributed by atoms with van der Waals surface area (Å²) >= 11 is 0. The van der Waals surface area contributed by atoms with Gasteiger partial charge in [0, 0.05) is 0 Å². The highest BCUT2D eigenvalue weighted by atomic mass is 16.5. The van der Waals surface area contributed by atoms with E-state index >= 15 is 0 Å². The number of unbranched alkanes of at least 4 members (excludes halogenated alkanes) is 10. The van der Waals surface area contributed by atoms with E-state index in [1.165, 1.54) is 64.2 Å². The van der Waals surface area contributed by atoms with Crippen molar-refractivity contribution in [2.45, 2.75) is 136 Å². The van der Waals surface area contributed by atoms with E-state index in [9.17, 15) is 14.7 Å². The molecule has 0 saturated heterocycles. The molecule has 170 valence electrons. The summed E-state index contributed by atoms with van der Waals surface area (Å²) in [6.07, 6.45) is 19.7. The van der Waals surface area contributed by atoms with Crippen molar-refractivity contribution in [1.29, 1.82) is 0 Å². The molecule has 3 atom stereocenters. The SMILES string of the molecule is CCCCCCCCCC(CCCCCCC)OC(=O)C1CCCC(C(=O)O)C1. The second kappa shape index (κ2) is 16.7. The molecule has 1 aliphatic carbocycles. The Labute approximate surface area is 179 Å². The topological polar surface area (TPSA) is 63.6 Å². The van der Waals surface area contributed by atoms with Crippen LogP contribution in [0.2, 0.25) is 0 Å². The summed E-state index contributed by atoms with van der Waals surface area (Å²) in [6, 6.07) is 0. The minimum atomic E-state index is -0.766. The molecule has 0 aromatic heterocycles. The third kappa shape index (κ3) is 12.3. The number of ether oxygens (including phenoxy) is 1. The number of carboxylic acid groups (broad SMARTS) is 1. The Hall–Kier alpha value is -1.06. The molecule has 29 heavy (non-hydrogen) atoms. The fourth-order valence-corrected chi connectivity index (χ4v) is 4.46. The number of esters is 1. The summed E-state index contributed by atoms with van der Waals surface area (Å²) in [5.74, 6) is -1.51. The van der Waals surface area contributed by atoms with Gasteiger partial charge in [0.25, 0.3) is 0 Å². The van der Waals surface area contributed by atoms with Crippen molar-refractivity contribution >= 4 is 11.9 Å². The van der Waals surface area contributed by atoms with Gasteiger partial charge in [-0.25, -0.2) is 0 Å². The predicted molar refractivity (Wildman–Crippen MR) is 119 cm³/mol. The van der Waals surface area contributed by atoms with E-state index in [0.717, 1.165) is 38.5 Å². The Morgan fingerprint density at radius 2 is 1.28 bits per heavy atom. The summed E-state index contributed by atoms with van der Waals surface area (Å²) in [6.45, 7) is 4.46. The van der Waals surface area contributed by atoms with E-state index in [2.05, 4.69) is 13.8 Å². The van der Waals surface area contributed by atoms with Gasteiger partial charge in [0.05, 0.1) is 11.8 Å². The first kappa shape index (κ1) is 26.0. The van der Waals surface area contributed by atoms with Crippen LogP contribution in [0.5, 0.6) is 0 Å².